The Labute approximate surface area is 148 Å². The monoisotopic (exact) mass is 347 g/mol. The van der Waals surface area contributed by atoms with Crippen molar-refractivity contribution >= 4 is 23.1 Å². The lowest BCUT2D eigenvalue weighted by Gasteiger charge is -2.32. The Hall–Kier alpha value is -1.63. The second-order valence-electron chi connectivity index (χ2n) is 6.24. The fraction of sp³-hybridized carbons (Fsp3) is 0.500. The molecule has 0 aliphatic carbocycles. The number of pyridine rings is 1. The summed E-state index contributed by atoms with van der Waals surface area (Å²) < 4.78 is 12.2. The van der Waals surface area contributed by atoms with Crippen LogP contribution in [0.25, 0.3) is 10.9 Å². The van der Waals surface area contributed by atoms with Crippen LogP contribution in [0.15, 0.2) is 24.4 Å². The van der Waals surface area contributed by atoms with Gasteiger partial charge in [-0.15, -0.1) is 0 Å². The molecule has 0 bridgehead atoms. The highest BCUT2D eigenvalue weighted by Crippen LogP contribution is 2.32. The van der Waals surface area contributed by atoms with Gasteiger partial charge in [-0.25, -0.2) is 0 Å². The molecule has 2 aromatic rings. The van der Waals surface area contributed by atoms with Crippen LogP contribution in [0.2, 0.25) is 0 Å². The molecule has 1 aromatic heterocycles. The zero-order chi connectivity index (χ0) is 16.9. The Bertz CT molecular complexity index is 739. The van der Waals surface area contributed by atoms with Gasteiger partial charge in [-0.1, -0.05) is 12.2 Å². The van der Waals surface area contributed by atoms with Crippen LogP contribution in [0.3, 0.4) is 0 Å². The van der Waals surface area contributed by atoms with Crippen LogP contribution in [0, 0.1) is 4.51 Å². The zero-order valence-corrected chi connectivity index (χ0v) is 15.2. The molecule has 1 aromatic carbocycles. The fourth-order valence-electron chi connectivity index (χ4n) is 2.99. The molecule has 130 valence electrons. The molecule has 0 radical (unpaired) electrons. The number of aromatic amines is 1. The quantitative estimate of drug-likeness (QED) is 0.643. The van der Waals surface area contributed by atoms with E-state index in [0.29, 0.717) is 6.61 Å². The van der Waals surface area contributed by atoms with Crippen LogP contribution in [-0.4, -0.2) is 68.3 Å². The number of piperazine rings is 1. The smallest absolute Gasteiger partial charge is 0.163 e. The van der Waals surface area contributed by atoms with Crippen LogP contribution < -0.4 is 9.47 Å². The SMILES string of the molecule is COc1cc2c(=S)cc[nH]c2cc1OCCCN1CCN(C)CC1. The van der Waals surface area contributed by atoms with Crippen molar-refractivity contribution < 1.29 is 9.47 Å². The summed E-state index contributed by atoms with van der Waals surface area (Å²) in [6.45, 7) is 6.35. The van der Waals surface area contributed by atoms with Crippen molar-refractivity contribution in [3.8, 4) is 11.5 Å². The van der Waals surface area contributed by atoms with Gasteiger partial charge in [0.05, 0.1) is 19.2 Å². The maximum atomic E-state index is 5.97. The van der Waals surface area contributed by atoms with Gasteiger partial charge >= 0.3 is 0 Å². The Morgan fingerprint density at radius 3 is 2.71 bits per heavy atom. The highest BCUT2D eigenvalue weighted by molar-refractivity contribution is 7.71. The Balaban J connectivity index is 1.59. The van der Waals surface area contributed by atoms with Gasteiger partial charge in [-0.3, -0.25) is 0 Å². The first kappa shape index (κ1) is 17.2. The first-order chi connectivity index (χ1) is 11.7. The van der Waals surface area contributed by atoms with Gasteiger partial charge in [0.1, 0.15) is 0 Å². The molecule has 1 aliphatic heterocycles. The van der Waals surface area contributed by atoms with Crippen molar-refractivity contribution in [2.45, 2.75) is 6.42 Å². The average molecular weight is 347 g/mol. The van der Waals surface area contributed by atoms with Gasteiger partial charge < -0.3 is 24.3 Å². The highest BCUT2D eigenvalue weighted by Gasteiger charge is 2.13. The number of hydrogen-bond acceptors (Lipinski definition) is 5. The first-order valence-electron chi connectivity index (χ1n) is 8.40. The number of hydrogen-bond donors (Lipinski definition) is 1. The van der Waals surface area contributed by atoms with Crippen LogP contribution >= 0.6 is 12.2 Å². The van der Waals surface area contributed by atoms with Crippen molar-refractivity contribution in [1.82, 2.24) is 14.8 Å². The fourth-order valence-corrected chi connectivity index (χ4v) is 3.23. The molecule has 0 spiro atoms. The third kappa shape index (κ3) is 4.06. The van der Waals surface area contributed by atoms with Crippen LogP contribution in [0.5, 0.6) is 11.5 Å². The molecule has 1 fully saturated rings. The van der Waals surface area contributed by atoms with E-state index in [2.05, 4.69) is 21.8 Å². The minimum Gasteiger partial charge on any atom is -0.493 e. The predicted octanol–water partition coefficient (Wildman–Crippen LogP) is 2.92. The molecule has 24 heavy (non-hydrogen) atoms. The third-order valence-electron chi connectivity index (χ3n) is 4.51. The Kier molecular flexibility index (Phi) is 5.71. The van der Waals surface area contributed by atoms with E-state index in [1.807, 2.05) is 24.4 Å². The molecule has 0 saturated carbocycles. The van der Waals surface area contributed by atoms with E-state index in [0.717, 1.165) is 66.1 Å². The largest absolute Gasteiger partial charge is 0.493 e. The molecule has 3 rings (SSSR count). The number of rotatable bonds is 6. The second kappa shape index (κ2) is 7.96. The highest BCUT2D eigenvalue weighted by atomic mass is 32.1. The Morgan fingerprint density at radius 1 is 1.17 bits per heavy atom. The van der Waals surface area contributed by atoms with Gasteiger partial charge in [0.15, 0.2) is 11.5 Å². The van der Waals surface area contributed by atoms with Crippen LogP contribution in [-0.2, 0) is 0 Å². The maximum Gasteiger partial charge on any atom is 0.163 e. The first-order valence-corrected chi connectivity index (χ1v) is 8.81. The summed E-state index contributed by atoms with van der Waals surface area (Å²) in [4.78, 5) is 8.08. The summed E-state index contributed by atoms with van der Waals surface area (Å²) in [5, 5.41) is 0.981. The number of H-pyrrole nitrogens is 1. The maximum absolute atomic E-state index is 5.97. The zero-order valence-electron chi connectivity index (χ0n) is 14.4. The van der Waals surface area contributed by atoms with Gasteiger partial charge in [0.2, 0.25) is 0 Å². The lowest BCUT2D eigenvalue weighted by atomic mass is 10.2. The van der Waals surface area contributed by atoms with E-state index in [-0.39, 0.29) is 0 Å². The van der Waals surface area contributed by atoms with Gasteiger partial charge in [-0.05, 0) is 25.6 Å². The van der Waals surface area contributed by atoms with E-state index in [1.54, 1.807) is 7.11 Å². The van der Waals surface area contributed by atoms with Crippen molar-refractivity contribution in [2.24, 2.45) is 0 Å². The summed E-state index contributed by atoms with van der Waals surface area (Å²) in [6, 6.07) is 5.80. The van der Waals surface area contributed by atoms with Crippen LogP contribution in [0.1, 0.15) is 6.42 Å². The number of likely N-dealkylation sites (N-methyl/N-ethyl adjacent to an activating group) is 1. The number of ether oxygens (including phenoxy) is 2. The summed E-state index contributed by atoms with van der Waals surface area (Å²) in [5.41, 5.74) is 0.970. The van der Waals surface area contributed by atoms with E-state index >= 15 is 0 Å². The van der Waals surface area contributed by atoms with E-state index in [4.69, 9.17) is 21.7 Å². The lowest BCUT2D eigenvalue weighted by Crippen LogP contribution is -2.44. The normalized spacial score (nSPS) is 16.4. The lowest BCUT2D eigenvalue weighted by molar-refractivity contribution is 0.145. The van der Waals surface area contributed by atoms with Gasteiger partial charge in [0, 0.05) is 54.9 Å². The standard InChI is InChI=1S/C18H25N3O2S/c1-20-7-9-21(10-8-20)6-3-11-23-17-13-15-14(12-16(17)22-2)18(24)4-5-19-15/h4-5,12-13H,3,6-11H2,1-2H3,(H,19,24). The van der Waals surface area contributed by atoms with Crippen molar-refractivity contribution in [3.05, 3.63) is 28.9 Å². The van der Waals surface area contributed by atoms with E-state index in [1.165, 1.54) is 0 Å². The van der Waals surface area contributed by atoms with Crippen molar-refractivity contribution in [1.29, 1.82) is 0 Å². The van der Waals surface area contributed by atoms with Gasteiger partial charge in [-0.2, -0.15) is 0 Å². The predicted molar refractivity (Wildman–Crippen MR) is 99.7 cm³/mol. The molecule has 1 aliphatic rings. The molecular formula is C18H25N3O2S. The van der Waals surface area contributed by atoms with Crippen molar-refractivity contribution in [2.75, 3.05) is 53.5 Å². The molecule has 0 amide bonds. The summed E-state index contributed by atoms with van der Waals surface area (Å²) in [6.07, 6.45) is 2.87. The number of benzene rings is 1. The molecular weight excluding hydrogens is 322 g/mol. The molecule has 6 heteroatoms. The molecule has 2 heterocycles. The molecule has 1 saturated heterocycles. The Morgan fingerprint density at radius 2 is 1.96 bits per heavy atom. The van der Waals surface area contributed by atoms with Crippen molar-refractivity contribution in [3.63, 3.8) is 0 Å². The van der Waals surface area contributed by atoms with E-state index < -0.39 is 0 Å². The number of aromatic nitrogens is 1. The molecule has 1 N–H and O–H groups in total. The molecule has 0 unspecified atom stereocenters. The van der Waals surface area contributed by atoms with Crippen LogP contribution in [0.4, 0.5) is 0 Å². The molecule has 5 nitrogen and oxygen atoms in total. The second-order valence-corrected chi connectivity index (χ2v) is 6.68. The van der Waals surface area contributed by atoms with E-state index in [9.17, 15) is 0 Å². The minimum atomic E-state index is 0.682. The third-order valence-corrected chi connectivity index (χ3v) is 4.87. The summed E-state index contributed by atoms with van der Waals surface area (Å²) in [5.74, 6) is 1.49. The topological polar surface area (TPSA) is 40.7 Å². The average Bonchev–Trinajstić information content (AvgIpc) is 2.60. The summed E-state index contributed by atoms with van der Waals surface area (Å²) >= 11 is 5.37. The number of nitrogens with zero attached hydrogens (tertiary/aromatic N) is 2. The number of nitrogens with one attached hydrogen (secondary N) is 1. The summed E-state index contributed by atoms with van der Waals surface area (Å²) in [7, 11) is 3.84. The minimum absolute atomic E-state index is 0.682. The number of fused-ring (bicyclic) bond motifs is 1. The van der Waals surface area contributed by atoms with Gasteiger partial charge in [0.25, 0.3) is 0 Å². The molecule has 0 atom stereocenters. The number of methoxy groups -OCH3 is 1.